The highest BCUT2D eigenvalue weighted by Crippen LogP contribution is 2.46. The monoisotopic (exact) mass is 339 g/mol. The summed E-state index contributed by atoms with van der Waals surface area (Å²) in [6.07, 6.45) is -4.32. The number of benzene rings is 3. The lowest BCUT2D eigenvalue weighted by atomic mass is 9.85. The van der Waals surface area contributed by atoms with Gasteiger partial charge in [-0.05, 0) is 34.9 Å². The number of para-hydroxylation sites is 1. The van der Waals surface area contributed by atoms with Gasteiger partial charge in [0, 0.05) is 18.3 Å². The third-order valence-electron chi connectivity index (χ3n) is 4.77. The lowest BCUT2D eigenvalue weighted by Gasteiger charge is -2.38. The van der Waals surface area contributed by atoms with E-state index < -0.39 is 11.7 Å². The van der Waals surface area contributed by atoms with E-state index in [9.17, 15) is 13.2 Å². The van der Waals surface area contributed by atoms with E-state index in [1.54, 1.807) is 12.1 Å². The molecule has 0 amide bonds. The Bertz CT molecular complexity index is 913. The van der Waals surface area contributed by atoms with E-state index in [4.69, 9.17) is 0 Å². The van der Waals surface area contributed by atoms with Crippen molar-refractivity contribution in [2.45, 2.75) is 12.2 Å². The highest BCUT2D eigenvalue weighted by molar-refractivity contribution is 5.85. The van der Waals surface area contributed by atoms with Crippen LogP contribution in [0.3, 0.4) is 0 Å². The SMILES string of the molecule is CN1c2ccccc2-c2ccccc2C1c1ccc(C(F)(F)F)cc1. The summed E-state index contributed by atoms with van der Waals surface area (Å²) in [4.78, 5) is 2.13. The highest BCUT2D eigenvalue weighted by Gasteiger charge is 2.32. The molecule has 1 atom stereocenters. The van der Waals surface area contributed by atoms with Gasteiger partial charge in [-0.25, -0.2) is 0 Å². The summed E-state index contributed by atoms with van der Waals surface area (Å²) in [6, 6.07) is 21.5. The number of fused-ring (bicyclic) bond motifs is 3. The van der Waals surface area contributed by atoms with Crippen LogP contribution in [0.25, 0.3) is 11.1 Å². The summed E-state index contributed by atoms with van der Waals surface area (Å²) in [5, 5.41) is 0. The van der Waals surface area contributed by atoms with Crippen LogP contribution < -0.4 is 4.90 Å². The minimum atomic E-state index is -4.32. The zero-order valence-corrected chi connectivity index (χ0v) is 13.6. The van der Waals surface area contributed by atoms with Gasteiger partial charge in [-0.2, -0.15) is 13.2 Å². The summed E-state index contributed by atoms with van der Waals surface area (Å²) < 4.78 is 38.6. The van der Waals surface area contributed by atoms with Gasteiger partial charge in [-0.3, -0.25) is 0 Å². The van der Waals surface area contributed by atoms with Gasteiger partial charge >= 0.3 is 6.18 Å². The molecule has 25 heavy (non-hydrogen) atoms. The average Bonchev–Trinajstić information content (AvgIpc) is 2.62. The molecule has 1 aliphatic heterocycles. The van der Waals surface area contributed by atoms with Crippen LogP contribution in [0.15, 0.2) is 72.8 Å². The number of anilines is 1. The van der Waals surface area contributed by atoms with Gasteiger partial charge in [-0.1, -0.05) is 54.6 Å². The normalized spacial score (nSPS) is 16.3. The predicted molar refractivity (Wildman–Crippen MR) is 93.6 cm³/mol. The predicted octanol–water partition coefficient (Wildman–Crippen LogP) is 5.91. The lowest BCUT2D eigenvalue weighted by Crippen LogP contribution is -2.29. The fourth-order valence-corrected chi connectivity index (χ4v) is 3.59. The lowest BCUT2D eigenvalue weighted by molar-refractivity contribution is -0.137. The fraction of sp³-hybridized carbons (Fsp3) is 0.143. The molecule has 1 heterocycles. The van der Waals surface area contributed by atoms with Crippen LogP contribution in [0.5, 0.6) is 0 Å². The van der Waals surface area contributed by atoms with Crippen molar-refractivity contribution >= 4 is 5.69 Å². The molecule has 0 N–H and O–H groups in total. The molecule has 4 rings (SSSR count). The van der Waals surface area contributed by atoms with Crippen molar-refractivity contribution in [2.24, 2.45) is 0 Å². The summed E-state index contributed by atoms with van der Waals surface area (Å²) in [5.41, 5.74) is 4.67. The first-order chi connectivity index (χ1) is 12.0. The molecule has 1 unspecified atom stereocenters. The maximum atomic E-state index is 12.9. The Morgan fingerprint density at radius 2 is 1.36 bits per heavy atom. The second kappa shape index (κ2) is 5.66. The molecular formula is C21H16F3N. The minimum Gasteiger partial charge on any atom is -0.363 e. The van der Waals surface area contributed by atoms with E-state index in [0.717, 1.165) is 40.1 Å². The maximum absolute atomic E-state index is 12.9. The molecule has 0 fully saturated rings. The largest absolute Gasteiger partial charge is 0.416 e. The molecule has 126 valence electrons. The molecular weight excluding hydrogens is 323 g/mol. The first-order valence-electron chi connectivity index (χ1n) is 8.05. The van der Waals surface area contributed by atoms with Crippen molar-refractivity contribution in [2.75, 3.05) is 11.9 Å². The number of hydrogen-bond acceptors (Lipinski definition) is 1. The van der Waals surface area contributed by atoms with Gasteiger partial charge in [0.1, 0.15) is 0 Å². The van der Waals surface area contributed by atoms with E-state index in [0.29, 0.717) is 0 Å². The molecule has 3 aromatic rings. The van der Waals surface area contributed by atoms with Crippen LogP contribution in [0, 0.1) is 0 Å². The van der Waals surface area contributed by atoms with E-state index >= 15 is 0 Å². The third-order valence-corrected chi connectivity index (χ3v) is 4.77. The van der Waals surface area contributed by atoms with Crippen LogP contribution in [-0.4, -0.2) is 7.05 Å². The topological polar surface area (TPSA) is 3.24 Å². The average molecular weight is 339 g/mol. The summed E-state index contributed by atoms with van der Waals surface area (Å²) in [5.74, 6) is 0. The van der Waals surface area contributed by atoms with Crippen LogP contribution in [0.4, 0.5) is 18.9 Å². The number of nitrogens with zero attached hydrogens (tertiary/aromatic N) is 1. The van der Waals surface area contributed by atoms with Crippen LogP contribution >= 0.6 is 0 Å². The first kappa shape index (κ1) is 15.8. The van der Waals surface area contributed by atoms with Crippen molar-refractivity contribution in [1.82, 2.24) is 0 Å². The molecule has 3 aromatic carbocycles. The molecule has 1 nitrogen and oxygen atoms in total. The van der Waals surface area contributed by atoms with Crippen LogP contribution in [-0.2, 0) is 6.18 Å². The molecule has 0 bridgehead atoms. The molecule has 1 aliphatic rings. The zero-order valence-electron chi connectivity index (χ0n) is 13.6. The third kappa shape index (κ3) is 2.58. The van der Waals surface area contributed by atoms with E-state index in [-0.39, 0.29) is 6.04 Å². The Hall–Kier alpha value is -2.75. The smallest absolute Gasteiger partial charge is 0.363 e. The standard InChI is InChI=1S/C21H16F3N/c1-25-19-9-5-4-7-17(19)16-6-2-3-8-18(16)20(25)14-10-12-15(13-11-14)21(22,23)24/h2-13,20H,1H3. The number of hydrogen-bond donors (Lipinski definition) is 0. The molecule has 0 saturated carbocycles. The van der Waals surface area contributed by atoms with Crippen molar-refractivity contribution < 1.29 is 13.2 Å². The van der Waals surface area contributed by atoms with Gasteiger partial charge in [0.05, 0.1) is 11.6 Å². The zero-order chi connectivity index (χ0) is 17.6. The van der Waals surface area contributed by atoms with Crippen molar-refractivity contribution in [3.8, 4) is 11.1 Å². The first-order valence-corrected chi connectivity index (χ1v) is 8.05. The Morgan fingerprint density at radius 1 is 0.760 bits per heavy atom. The van der Waals surface area contributed by atoms with E-state index in [1.807, 2.05) is 43.4 Å². The summed E-state index contributed by atoms with van der Waals surface area (Å²) >= 11 is 0. The van der Waals surface area contributed by atoms with Gasteiger partial charge in [0.2, 0.25) is 0 Å². The maximum Gasteiger partial charge on any atom is 0.416 e. The number of alkyl halides is 3. The molecule has 0 radical (unpaired) electrons. The number of rotatable bonds is 1. The summed E-state index contributed by atoms with van der Waals surface area (Å²) in [6.45, 7) is 0. The molecule has 0 saturated heterocycles. The molecule has 0 spiro atoms. The van der Waals surface area contributed by atoms with Gasteiger partial charge in [0.15, 0.2) is 0 Å². The van der Waals surface area contributed by atoms with Gasteiger partial charge in [-0.15, -0.1) is 0 Å². The van der Waals surface area contributed by atoms with Crippen molar-refractivity contribution in [3.05, 3.63) is 89.5 Å². The molecule has 0 aromatic heterocycles. The summed E-state index contributed by atoms with van der Waals surface area (Å²) in [7, 11) is 1.98. The van der Waals surface area contributed by atoms with Crippen LogP contribution in [0.2, 0.25) is 0 Å². The van der Waals surface area contributed by atoms with Crippen LogP contribution in [0.1, 0.15) is 22.7 Å². The quantitative estimate of drug-likeness (QED) is 0.532. The van der Waals surface area contributed by atoms with Crippen molar-refractivity contribution in [1.29, 1.82) is 0 Å². The Kier molecular flexibility index (Phi) is 3.57. The second-order valence-corrected chi connectivity index (χ2v) is 6.24. The van der Waals surface area contributed by atoms with E-state index in [2.05, 4.69) is 17.0 Å². The second-order valence-electron chi connectivity index (χ2n) is 6.24. The minimum absolute atomic E-state index is 0.117. The molecule has 4 heteroatoms. The fourth-order valence-electron chi connectivity index (χ4n) is 3.59. The van der Waals surface area contributed by atoms with Gasteiger partial charge < -0.3 is 4.90 Å². The van der Waals surface area contributed by atoms with Gasteiger partial charge in [0.25, 0.3) is 0 Å². The number of halogens is 3. The Morgan fingerprint density at radius 3 is 2.04 bits per heavy atom. The Balaban J connectivity index is 1.86. The Labute approximate surface area is 144 Å². The molecule has 0 aliphatic carbocycles. The van der Waals surface area contributed by atoms with E-state index in [1.165, 1.54) is 0 Å². The van der Waals surface area contributed by atoms with Crippen molar-refractivity contribution in [3.63, 3.8) is 0 Å². The highest BCUT2D eigenvalue weighted by atomic mass is 19.4.